The number of carbonyl (C=O) groups excluding carboxylic acids is 2. The van der Waals surface area contributed by atoms with E-state index in [0.717, 1.165) is 43.1 Å². The number of anilines is 1. The molecule has 3 rings (SSSR count). The number of ether oxygens (including phenoxy) is 1. The van der Waals surface area contributed by atoms with Crippen molar-refractivity contribution in [3.8, 4) is 5.75 Å². The molecular formula is C19H23F3N4O3S. The van der Waals surface area contributed by atoms with Gasteiger partial charge in [0, 0.05) is 19.2 Å². The minimum absolute atomic E-state index is 0.149. The highest BCUT2D eigenvalue weighted by Gasteiger charge is 2.31. The molecule has 2 aromatic rings. The maximum Gasteiger partial charge on any atom is 0.573 e. The Morgan fingerprint density at radius 2 is 2.00 bits per heavy atom. The number of hydrogen-bond acceptors (Lipinski definition) is 6. The highest BCUT2D eigenvalue weighted by molar-refractivity contribution is 7.22. The Hall–Kier alpha value is -2.40. The van der Waals surface area contributed by atoms with E-state index in [-0.39, 0.29) is 29.9 Å². The summed E-state index contributed by atoms with van der Waals surface area (Å²) in [6.45, 7) is 0.0289. The number of benzene rings is 1. The molecule has 11 heteroatoms. The molecule has 1 saturated carbocycles. The molecule has 0 atom stereocenters. The average Bonchev–Trinajstić information content (AvgIpc) is 3.06. The van der Waals surface area contributed by atoms with E-state index in [9.17, 15) is 22.8 Å². The van der Waals surface area contributed by atoms with Gasteiger partial charge in [0.05, 0.1) is 23.3 Å². The van der Waals surface area contributed by atoms with Crippen molar-refractivity contribution < 1.29 is 27.5 Å². The Morgan fingerprint density at radius 3 is 2.70 bits per heavy atom. The molecule has 1 aromatic carbocycles. The van der Waals surface area contributed by atoms with Gasteiger partial charge >= 0.3 is 6.36 Å². The number of fused-ring (bicyclic) bond motifs is 1. The summed E-state index contributed by atoms with van der Waals surface area (Å²) in [5, 5.41) is 6.06. The third-order valence-electron chi connectivity index (χ3n) is 4.79. The van der Waals surface area contributed by atoms with Crippen molar-refractivity contribution >= 4 is 38.5 Å². The molecule has 0 radical (unpaired) electrons. The quantitative estimate of drug-likeness (QED) is 0.683. The van der Waals surface area contributed by atoms with Crippen molar-refractivity contribution in [2.45, 2.75) is 44.5 Å². The molecule has 2 N–H and O–H groups in total. The van der Waals surface area contributed by atoms with Crippen LogP contribution in [0, 0.1) is 0 Å². The van der Waals surface area contributed by atoms with Crippen molar-refractivity contribution in [1.82, 2.24) is 15.2 Å². The maximum absolute atomic E-state index is 12.3. The van der Waals surface area contributed by atoms with E-state index in [0.29, 0.717) is 16.3 Å². The number of nitrogens with one attached hydrogen (secondary N) is 2. The smallest absolute Gasteiger partial charge is 0.406 e. The lowest BCUT2D eigenvalue weighted by atomic mass is 9.95. The van der Waals surface area contributed by atoms with Crippen LogP contribution in [0.4, 0.5) is 18.3 Å². The summed E-state index contributed by atoms with van der Waals surface area (Å²) in [6.07, 6.45) is 0.898. The fourth-order valence-electron chi connectivity index (χ4n) is 3.29. The van der Waals surface area contributed by atoms with E-state index < -0.39 is 12.3 Å². The van der Waals surface area contributed by atoms with Gasteiger partial charge in [0.2, 0.25) is 11.8 Å². The van der Waals surface area contributed by atoms with Gasteiger partial charge in [0.15, 0.2) is 5.13 Å². The standard InChI is InChI=1S/C19H23F3N4O3S/c1-26(17(28)10-23-12-5-3-2-4-6-12)11-16(27)25-18-24-14-8-7-13(9-15(14)30-18)29-19(20,21)22/h7-9,12,23H,2-6,10-11H2,1H3,(H,24,25,27). The molecule has 1 aliphatic rings. The summed E-state index contributed by atoms with van der Waals surface area (Å²) < 4.78 is 41.3. The summed E-state index contributed by atoms with van der Waals surface area (Å²) in [6, 6.07) is 4.10. The lowest BCUT2D eigenvalue weighted by Crippen LogP contribution is -2.43. The predicted octanol–water partition coefficient (Wildman–Crippen LogP) is 3.51. The zero-order valence-electron chi connectivity index (χ0n) is 16.4. The lowest BCUT2D eigenvalue weighted by molar-refractivity contribution is -0.274. The van der Waals surface area contributed by atoms with Gasteiger partial charge in [-0.25, -0.2) is 4.98 Å². The number of halogens is 3. The molecule has 0 saturated heterocycles. The van der Waals surface area contributed by atoms with Crippen LogP contribution in [0.2, 0.25) is 0 Å². The Balaban J connectivity index is 1.50. The van der Waals surface area contributed by atoms with E-state index in [1.807, 2.05) is 0 Å². The highest BCUT2D eigenvalue weighted by Crippen LogP contribution is 2.31. The number of carbonyl (C=O) groups is 2. The van der Waals surface area contributed by atoms with Crippen LogP contribution in [-0.2, 0) is 9.59 Å². The second-order valence-corrected chi connectivity index (χ2v) is 8.24. The van der Waals surface area contributed by atoms with Crippen LogP contribution >= 0.6 is 11.3 Å². The van der Waals surface area contributed by atoms with Crippen molar-refractivity contribution in [2.75, 3.05) is 25.5 Å². The zero-order valence-corrected chi connectivity index (χ0v) is 17.2. The summed E-state index contributed by atoms with van der Waals surface area (Å²) in [5.74, 6) is -0.976. The van der Waals surface area contributed by atoms with Gasteiger partial charge in [-0.3, -0.25) is 9.59 Å². The van der Waals surface area contributed by atoms with Gasteiger partial charge in [0.25, 0.3) is 0 Å². The molecule has 1 aromatic heterocycles. The van der Waals surface area contributed by atoms with Crippen LogP contribution in [-0.4, -0.2) is 54.2 Å². The number of amides is 2. The van der Waals surface area contributed by atoms with Crippen LogP contribution in [0.1, 0.15) is 32.1 Å². The molecule has 0 unspecified atom stereocenters. The Labute approximate surface area is 175 Å². The van der Waals surface area contributed by atoms with E-state index in [2.05, 4.69) is 20.4 Å². The third-order valence-corrected chi connectivity index (χ3v) is 5.73. The van der Waals surface area contributed by atoms with Gasteiger partial charge in [0.1, 0.15) is 5.75 Å². The monoisotopic (exact) mass is 444 g/mol. The number of likely N-dealkylation sites (N-methyl/N-ethyl adjacent to an activating group) is 1. The predicted molar refractivity (Wildman–Crippen MR) is 107 cm³/mol. The minimum Gasteiger partial charge on any atom is -0.406 e. The van der Waals surface area contributed by atoms with Crippen LogP contribution in [0.25, 0.3) is 10.2 Å². The van der Waals surface area contributed by atoms with E-state index in [1.54, 1.807) is 7.05 Å². The number of hydrogen-bond donors (Lipinski definition) is 2. The van der Waals surface area contributed by atoms with Crippen LogP contribution < -0.4 is 15.4 Å². The molecule has 164 valence electrons. The van der Waals surface area contributed by atoms with Crippen molar-refractivity contribution in [1.29, 1.82) is 0 Å². The molecule has 7 nitrogen and oxygen atoms in total. The van der Waals surface area contributed by atoms with E-state index in [4.69, 9.17) is 0 Å². The first kappa shape index (κ1) is 22.3. The first-order valence-electron chi connectivity index (χ1n) is 9.63. The van der Waals surface area contributed by atoms with Gasteiger partial charge in [-0.05, 0) is 25.0 Å². The van der Waals surface area contributed by atoms with Crippen molar-refractivity contribution in [2.24, 2.45) is 0 Å². The Bertz CT molecular complexity index is 897. The zero-order chi connectivity index (χ0) is 21.7. The van der Waals surface area contributed by atoms with Gasteiger partial charge < -0.3 is 20.3 Å². The number of nitrogens with zero attached hydrogens (tertiary/aromatic N) is 2. The fraction of sp³-hybridized carbons (Fsp3) is 0.526. The fourth-order valence-corrected chi connectivity index (χ4v) is 4.20. The molecular weight excluding hydrogens is 421 g/mol. The van der Waals surface area contributed by atoms with E-state index in [1.165, 1.54) is 23.5 Å². The summed E-state index contributed by atoms with van der Waals surface area (Å²) >= 11 is 1.02. The SMILES string of the molecule is CN(CC(=O)Nc1nc2ccc(OC(F)(F)F)cc2s1)C(=O)CNC1CCCCC1. The summed E-state index contributed by atoms with van der Waals surface area (Å²) in [7, 11) is 1.55. The molecule has 1 aliphatic carbocycles. The first-order chi connectivity index (χ1) is 14.2. The second kappa shape index (κ2) is 9.61. The van der Waals surface area contributed by atoms with Crippen LogP contribution in [0.3, 0.4) is 0 Å². The maximum atomic E-state index is 12.3. The molecule has 2 amide bonds. The van der Waals surface area contributed by atoms with Crippen LogP contribution in [0.5, 0.6) is 5.75 Å². The highest BCUT2D eigenvalue weighted by atomic mass is 32.1. The molecule has 0 spiro atoms. The topological polar surface area (TPSA) is 83.6 Å². The summed E-state index contributed by atoms with van der Waals surface area (Å²) in [5.41, 5.74) is 0.436. The van der Waals surface area contributed by atoms with Crippen LogP contribution in [0.15, 0.2) is 18.2 Å². The largest absolute Gasteiger partial charge is 0.573 e. The Kier molecular flexibility index (Phi) is 7.14. The third kappa shape index (κ3) is 6.56. The molecule has 1 fully saturated rings. The number of alkyl halides is 3. The summed E-state index contributed by atoms with van der Waals surface area (Å²) in [4.78, 5) is 30.0. The molecule has 30 heavy (non-hydrogen) atoms. The van der Waals surface area contributed by atoms with E-state index >= 15 is 0 Å². The van der Waals surface area contributed by atoms with Gasteiger partial charge in [-0.2, -0.15) is 0 Å². The van der Waals surface area contributed by atoms with Crippen molar-refractivity contribution in [3.05, 3.63) is 18.2 Å². The van der Waals surface area contributed by atoms with Gasteiger partial charge in [-0.15, -0.1) is 13.2 Å². The lowest BCUT2D eigenvalue weighted by Gasteiger charge is -2.24. The average molecular weight is 444 g/mol. The first-order valence-corrected chi connectivity index (χ1v) is 10.4. The number of rotatable bonds is 7. The second-order valence-electron chi connectivity index (χ2n) is 7.21. The molecule has 0 aliphatic heterocycles. The Morgan fingerprint density at radius 1 is 1.27 bits per heavy atom. The molecule has 1 heterocycles. The normalized spacial score (nSPS) is 15.2. The van der Waals surface area contributed by atoms with Gasteiger partial charge in [-0.1, -0.05) is 30.6 Å². The van der Waals surface area contributed by atoms with Crippen molar-refractivity contribution in [3.63, 3.8) is 0 Å². The minimum atomic E-state index is -4.78. The number of aromatic nitrogens is 1. The molecule has 0 bridgehead atoms. The number of thiazole rings is 1.